The molecule has 106 valence electrons. The van der Waals surface area contributed by atoms with Crippen LogP contribution in [0.15, 0.2) is 18.2 Å². The number of hydrogen-bond acceptors (Lipinski definition) is 4. The van der Waals surface area contributed by atoms with Crippen molar-refractivity contribution in [1.29, 1.82) is 0 Å². The second kappa shape index (κ2) is 4.23. The third-order valence-electron chi connectivity index (χ3n) is 4.35. The van der Waals surface area contributed by atoms with E-state index in [0.717, 1.165) is 22.2 Å². The number of hydrogen-bond donors (Lipinski definition) is 2. The van der Waals surface area contributed by atoms with Crippen molar-refractivity contribution in [2.75, 3.05) is 12.4 Å². The zero-order valence-electron chi connectivity index (χ0n) is 12.6. The maximum atomic E-state index is 6.08. The van der Waals surface area contributed by atoms with E-state index in [2.05, 4.69) is 49.3 Å². The molecule has 5 nitrogen and oxygen atoms in total. The molecule has 2 heterocycles. The highest BCUT2D eigenvalue weighted by molar-refractivity contribution is 6.62. The third kappa shape index (κ3) is 1.91. The van der Waals surface area contributed by atoms with Gasteiger partial charge in [0.2, 0.25) is 0 Å². The average molecular weight is 273 g/mol. The number of nitrogens with one attached hydrogen (secondary N) is 2. The normalized spacial score (nSPS) is 20.6. The summed E-state index contributed by atoms with van der Waals surface area (Å²) in [5.74, 6) is 0.832. The molecule has 1 aliphatic rings. The molecule has 1 aliphatic heterocycles. The first-order valence-corrected chi connectivity index (χ1v) is 6.85. The van der Waals surface area contributed by atoms with Crippen molar-refractivity contribution in [3.05, 3.63) is 18.2 Å². The lowest BCUT2D eigenvalue weighted by Crippen LogP contribution is -2.41. The number of rotatable bonds is 2. The van der Waals surface area contributed by atoms with Gasteiger partial charge in [0.05, 0.1) is 16.7 Å². The van der Waals surface area contributed by atoms with E-state index in [1.54, 1.807) is 0 Å². The highest BCUT2D eigenvalue weighted by Crippen LogP contribution is 2.36. The van der Waals surface area contributed by atoms with E-state index in [0.29, 0.717) is 0 Å². The summed E-state index contributed by atoms with van der Waals surface area (Å²) in [5.41, 5.74) is 1.35. The van der Waals surface area contributed by atoms with E-state index < -0.39 is 0 Å². The first kappa shape index (κ1) is 13.5. The molecule has 0 atom stereocenters. The van der Waals surface area contributed by atoms with Crippen LogP contribution in [-0.2, 0) is 9.31 Å². The fourth-order valence-electron chi connectivity index (χ4n) is 2.35. The summed E-state index contributed by atoms with van der Waals surface area (Å²) in [5, 5.41) is 11.3. The van der Waals surface area contributed by atoms with Crippen LogP contribution in [0.3, 0.4) is 0 Å². The molecule has 20 heavy (non-hydrogen) atoms. The zero-order chi connectivity index (χ0) is 14.5. The van der Waals surface area contributed by atoms with Crippen molar-refractivity contribution in [2.45, 2.75) is 38.9 Å². The van der Waals surface area contributed by atoms with E-state index in [-0.39, 0.29) is 18.3 Å². The number of nitrogens with zero attached hydrogens (tertiary/aromatic N) is 1. The van der Waals surface area contributed by atoms with Crippen LogP contribution in [-0.4, -0.2) is 35.6 Å². The molecular weight excluding hydrogens is 253 g/mol. The van der Waals surface area contributed by atoms with E-state index in [4.69, 9.17) is 9.31 Å². The number of aromatic amines is 1. The van der Waals surface area contributed by atoms with Gasteiger partial charge in [-0.1, -0.05) is 6.07 Å². The van der Waals surface area contributed by atoms with Gasteiger partial charge in [0.1, 0.15) is 0 Å². The second-order valence-corrected chi connectivity index (χ2v) is 6.22. The van der Waals surface area contributed by atoms with Crippen LogP contribution < -0.4 is 10.8 Å². The Morgan fingerprint density at radius 3 is 2.40 bits per heavy atom. The van der Waals surface area contributed by atoms with E-state index >= 15 is 0 Å². The minimum absolute atomic E-state index is 0.325. The summed E-state index contributed by atoms with van der Waals surface area (Å²) in [6, 6.07) is 6.08. The molecule has 0 bridgehead atoms. The fourth-order valence-corrected chi connectivity index (χ4v) is 2.35. The van der Waals surface area contributed by atoms with Crippen molar-refractivity contribution in [3.63, 3.8) is 0 Å². The van der Waals surface area contributed by atoms with Crippen LogP contribution in [0.1, 0.15) is 27.7 Å². The SMILES string of the molecule is CNc1n[nH]c2ccc(B3OC(C)(C)C(C)(C)O3)cc12. The predicted octanol–water partition coefficient (Wildman–Crippen LogP) is 1.90. The molecule has 0 unspecified atom stereocenters. The van der Waals surface area contributed by atoms with Crippen LogP contribution in [0.4, 0.5) is 5.82 Å². The van der Waals surface area contributed by atoms with Gasteiger partial charge in [-0.3, -0.25) is 5.10 Å². The molecule has 1 aromatic heterocycles. The standard InChI is InChI=1S/C14H20BN3O2/c1-13(2)14(3,4)20-15(19-13)9-6-7-11-10(8-9)12(16-5)18-17-11/h6-8H,1-5H3,(H2,16,17,18). The Labute approximate surface area is 119 Å². The van der Waals surface area contributed by atoms with Crippen LogP contribution >= 0.6 is 0 Å². The van der Waals surface area contributed by atoms with Crippen molar-refractivity contribution in [3.8, 4) is 0 Å². The highest BCUT2D eigenvalue weighted by atomic mass is 16.7. The third-order valence-corrected chi connectivity index (χ3v) is 4.35. The molecule has 1 aromatic carbocycles. The highest BCUT2D eigenvalue weighted by Gasteiger charge is 2.51. The van der Waals surface area contributed by atoms with Gasteiger partial charge in [-0.05, 0) is 45.3 Å². The minimum atomic E-state index is -0.344. The Bertz CT molecular complexity index is 635. The second-order valence-electron chi connectivity index (χ2n) is 6.22. The maximum absolute atomic E-state index is 6.08. The van der Waals surface area contributed by atoms with Gasteiger partial charge >= 0.3 is 7.12 Å². The molecule has 0 aliphatic carbocycles. The molecule has 3 rings (SSSR count). The van der Waals surface area contributed by atoms with Crippen molar-refractivity contribution < 1.29 is 9.31 Å². The first-order valence-electron chi connectivity index (χ1n) is 6.85. The first-order chi connectivity index (χ1) is 9.34. The van der Waals surface area contributed by atoms with Crippen LogP contribution in [0.5, 0.6) is 0 Å². The Morgan fingerprint density at radius 2 is 1.80 bits per heavy atom. The summed E-state index contributed by atoms with van der Waals surface area (Å²) >= 11 is 0. The Balaban J connectivity index is 1.99. The molecule has 0 spiro atoms. The molecular formula is C14H20BN3O2. The molecule has 1 saturated heterocycles. The monoisotopic (exact) mass is 273 g/mol. The molecule has 1 fully saturated rings. The smallest absolute Gasteiger partial charge is 0.399 e. The largest absolute Gasteiger partial charge is 0.494 e. The lowest BCUT2D eigenvalue weighted by molar-refractivity contribution is 0.00578. The average Bonchev–Trinajstić information content (AvgIpc) is 2.87. The lowest BCUT2D eigenvalue weighted by atomic mass is 9.78. The van der Waals surface area contributed by atoms with Crippen LogP contribution in [0.2, 0.25) is 0 Å². The Kier molecular flexibility index (Phi) is 2.85. The maximum Gasteiger partial charge on any atom is 0.494 e. The Hall–Kier alpha value is -1.53. The van der Waals surface area contributed by atoms with Gasteiger partial charge in [-0.15, -0.1) is 0 Å². The molecule has 2 N–H and O–H groups in total. The summed E-state index contributed by atoms with van der Waals surface area (Å²) < 4.78 is 12.2. The topological polar surface area (TPSA) is 59.2 Å². The number of fused-ring (bicyclic) bond motifs is 1. The van der Waals surface area contributed by atoms with Gasteiger partial charge in [0.15, 0.2) is 5.82 Å². The van der Waals surface area contributed by atoms with E-state index in [1.807, 2.05) is 19.2 Å². The van der Waals surface area contributed by atoms with E-state index in [1.165, 1.54) is 0 Å². The van der Waals surface area contributed by atoms with Gasteiger partial charge in [-0.25, -0.2) is 0 Å². The summed E-state index contributed by atoms with van der Waals surface area (Å²) in [4.78, 5) is 0. The number of anilines is 1. The number of H-pyrrole nitrogens is 1. The number of benzene rings is 1. The minimum Gasteiger partial charge on any atom is -0.399 e. The molecule has 0 amide bonds. The molecule has 6 heteroatoms. The van der Waals surface area contributed by atoms with Gasteiger partial charge < -0.3 is 14.6 Å². The number of aromatic nitrogens is 2. The van der Waals surface area contributed by atoms with Gasteiger partial charge in [-0.2, -0.15) is 5.10 Å². The summed E-state index contributed by atoms with van der Waals surface area (Å²) in [6.07, 6.45) is 0. The molecule has 0 radical (unpaired) electrons. The van der Waals surface area contributed by atoms with Crippen molar-refractivity contribution in [1.82, 2.24) is 10.2 Å². The van der Waals surface area contributed by atoms with Crippen molar-refractivity contribution >= 4 is 29.3 Å². The van der Waals surface area contributed by atoms with Crippen LogP contribution in [0.25, 0.3) is 10.9 Å². The molecule has 2 aromatic rings. The van der Waals surface area contributed by atoms with Crippen LogP contribution in [0, 0.1) is 0 Å². The van der Waals surface area contributed by atoms with Gasteiger partial charge in [0, 0.05) is 12.4 Å². The Morgan fingerprint density at radius 1 is 1.15 bits per heavy atom. The van der Waals surface area contributed by atoms with Gasteiger partial charge in [0.25, 0.3) is 0 Å². The summed E-state index contributed by atoms with van der Waals surface area (Å²) in [7, 11) is 1.51. The summed E-state index contributed by atoms with van der Waals surface area (Å²) in [6.45, 7) is 8.23. The zero-order valence-corrected chi connectivity index (χ0v) is 12.6. The van der Waals surface area contributed by atoms with E-state index in [9.17, 15) is 0 Å². The van der Waals surface area contributed by atoms with Crippen molar-refractivity contribution in [2.24, 2.45) is 0 Å². The quantitative estimate of drug-likeness (QED) is 0.820. The predicted molar refractivity (Wildman–Crippen MR) is 81.4 cm³/mol. The molecule has 0 saturated carbocycles. The lowest BCUT2D eigenvalue weighted by Gasteiger charge is -2.32. The fraction of sp³-hybridized carbons (Fsp3) is 0.500.